The SMILES string of the molecule is NC(=NO)C1CCCN1C(=O)c1ccccn1. The summed E-state index contributed by atoms with van der Waals surface area (Å²) in [5, 5.41) is 11.7. The van der Waals surface area contributed by atoms with Gasteiger partial charge in [-0.3, -0.25) is 9.78 Å². The van der Waals surface area contributed by atoms with Crippen molar-refractivity contribution in [1.82, 2.24) is 9.88 Å². The Morgan fingerprint density at radius 2 is 2.41 bits per heavy atom. The summed E-state index contributed by atoms with van der Waals surface area (Å²) >= 11 is 0. The summed E-state index contributed by atoms with van der Waals surface area (Å²) < 4.78 is 0. The van der Waals surface area contributed by atoms with Gasteiger partial charge >= 0.3 is 0 Å². The number of aromatic nitrogens is 1. The Hall–Kier alpha value is -2.11. The molecule has 2 heterocycles. The highest BCUT2D eigenvalue weighted by molar-refractivity contribution is 5.97. The number of likely N-dealkylation sites (tertiary alicyclic amines) is 1. The lowest BCUT2D eigenvalue weighted by Crippen LogP contribution is -2.44. The monoisotopic (exact) mass is 234 g/mol. The number of carbonyl (C=O) groups is 1. The molecule has 1 aliphatic rings. The number of nitrogens with two attached hydrogens (primary N) is 1. The van der Waals surface area contributed by atoms with Crippen molar-refractivity contribution in [1.29, 1.82) is 0 Å². The first-order valence-electron chi connectivity index (χ1n) is 5.43. The van der Waals surface area contributed by atoms with Gasteiger partial charge in [-0.05, 0) is 25.0 Å². The molecular weight excluding hydrogens is 220 g/mol. The number of hydrogen-bond donors (Lipinski definition) is 2. The molecule has 0 saturated carbocycles. The van der Waals surface area contributed by atoms with Gasteiger partial charge in [0.05, 0.1) is 6.04 Å². The summed E-state index contributed by atoms with van der Waals surface area (Å²) in [5.74, 6) is -0.105. The van der Waals surface area contributed by atoms with E-state index in [0.29, 0.717) is 18.7 Å². The molecule has 3 N–H and O–H groups in total. The van der Waals surface area contributed by atoms with Gasteiger partial charge in [-0.25, -0.2) is 0 Å². The molecular formula is C11H14N4O2. The van der Waals surface area contributed by atoms with Gasteiger partial charge in [-0.15, -0.1) is 0 Å². The summed E-state index contributed by atoms with van der Waals surface area (Å²) in [6.07, 6.45) is 3.13. The van der Waals surface area contributed by atoms with Gasteiger partial charge in [0.15, 0.2) is 5.84 Å². The maximum atomic E-state index is 12.1. The highest BCUT2D eigenvalue weighted by Crippen LogP contribution is 2.19. The number of hydrogen-bond acceptors (Lipinski definition) is 4. The van der Waals surface area contributed by atoms with E-state index in [1.54, 1.807) is 29.3 Å². The first kappa shape index (κ1) is 11.4. The predicted octanol–water partition coefficient (Wildman–Crippen LogP) is 0.433. The quantitative estimate of drug-likeness (QED) is 0.336. The molecule has 0 radical (unpaired) electrons. The van der Waals surface area contributed by atoms with Crippen LogP contribution in [0.5, 0.6) is 0 Å². The Labute approximate surface area is 98.7 Å². The summed E-state index contributed by atoms with van der Waals surface area (Å²) in [6, 6.07) is 4.84. The van der Waals surface area contributed by atoms with E-state index in [2.05, 4.69) is 10.1 Å². The average Bonchev–Trinajstić information content (AvgIpc) is 2.87. The van der Waals surface area contributed by atoms with Gasteiger partial charge in [0, 0.05) is 12.7 Å². The van der Waals surface area contributed by atoms with Crippen LogP contribution in [0, 0.1) is 0 Å². The minimum atomic E-state index is -0.325. The van der Waals surface area contributed by atoms with Gasteiger partial charge in [-0.1, -0.05) is 11.2 Å². The van der Waals surface area contributed by atoms with Gasteiger partial charge < -0.3 is 15.8 Å². The number of pyridine rings is 1. The third-order valence-electron chi connectivity index (χ3n) is 2.85. The van der Waals surface area contributed by atoms with Crippen molar-refractivity contribution >= 4 is 11.7 Å². The number of amidine groups is 1. The third kappa shape index (κ3) is 2.20. The fourth-order valence-corrected chi connectivity index (χ4v) is 2.02. The van der Waals surface area contributed by atoms with Crippen LogP contribution in [0.1, 0.15) is 23.3 Å². The van der Waals surface area contributed by atoms with E-state index < -0.39 is 0 Å². The van der Waals surface area contributed by atoms with Gasteiger partial charge in [-0.2, -0.15) is 0 Å². The number of carbonyl (C=O) groups excluding carboxylic acids is 1. The van der Waals surface area contributed by atoms with E-state index in [4.69, 9.17) is 10.9 Å². The summed E-state index contributed by atoms with van der Waals surface area (Å²) in [5.41, 5.74) is 5.95. The van der Waals surface area contributed by atoms with Crippen LogP contribution < -0.4 is 5.73 Å². The number of nitrogens with zero attached hydrogens (tertiary/aromatic N) is 3. The van der Waals surface area contributed by atoms with Crippen molar-refractivity contribution in [3.63, 3.8) is 0 Å². The van der Waals surface area contributed by atoms with E-state index >= 15 is 0 Å². The lowest BCUT2D eigenvalue weighted by atomic mass is 10.2. The van der Waals surface area contributed by atoms with Crippen LogP contribution in [0.15, 0.2) is 29.6 Å². The van der Waals surface area contributed by atoms with Crippen molar-refractivity contribution in [2.45, 2.75) is 18.9 Å². The molecule has 1 aromatic heterocycles. The molecule has 0 aliphatic carbocycles. The van der Waals surface area contributed by atoms with Crippen LogP contribution in [0.3, 0.4) is 0 Å². The molecule has 1 aromatic rings. The molecule has 1 fully saturated rings. The van der Waals surface area contributed by atoms with E-state index in [9.17, 15) is 4.79 Å². The van der Waals surface area contributed by atoms with Crippen molar-refractivity contribution in [2.24, 2.45) is 10.9 Å². The van der Waals surface area contributed by atoms with Crippen molar-refractivity contribution in [3.05, 3.63) is 30.1 Å². The largest absolute Gasteiger partial charge is 0.409 e. The molecule has 1 saturated heterocycles. The van der Waals surface area contributed by atoms with Crippen LogP contribution in [0.2, 0.25) is 0 Å². The normalized spacial score (nSPS) is 20.6. The molecule has 2 rings (SSSR count). The van der Waals surface area contributed by atoms with E-state index in [1.165, 1.54) is 0 Å². The van der Waals surface area contributed by atoms with Gasteiger partial charge in [0.1, 0.15) is 5.69 Å². The fraction of sp³-hybridized carbons (Fsp3) is 0.364. The molecule has 17 heavy (non-hydrogen) atoms. The molecule has 1 amide bonds. The van der Waals surface area contributed by atoms with Gasteiger partial charge in [0.2, 0.25) is 0 Å². The molecule has 0 aromatic carbocycles. The molecule has 6 nitrogen and oxygen atoms in total. The number of amides is 1. The predicted molar refractivity (Wildman–Crippen MR) is 61.7 cm³/mol. The van der Waals surface area contributed by atoms with Crippen LogP contribution in [-0.2, 0) is 0 Å². The third-order valence-corrected chi connectivity index (χ3v) is 2.85. The van der Waals surface area contributed by atoms with E-state index in [1.807, 2.05) is 0 Å². The molecule has 1 aliphatic heterocycles. The van der Waals surface area contributed by atoms with Crippen molar-refractivity contribution in [3.8, 4) is 0 Å². The minimum Gasteiger partial charge on any atom is -0.409 e. The zero-order valence-corrected chi connectivity index (χ0v) is 9.28. The highest BCUT2D eigenvalue weighted by Gasteiger charge is 2.32. The van der Waals surface area contributed by atoms with Crippen LogP contribution in [-0.4, -0.2) is 39.4 Å². The Morgan fingerprint density at radius 3 is 3.06 bits per heavy atom. The summed E-state index contributed by atoms with van der Waals surface area (Å²) in [4.78, 5) is 17.8. The smallest absolute Gasteiger partial charge is 0.273 e. The topological polar surface area (TPSA) is 91.8 Å². The Kier molecular flexibility index (Phi) is 3.22. The van der Waals surface area contributed by atoms with Crippen molar-refractivity contribution < 1.29 is 10.0 Å². The zero-order chi connectivity index (χ0) is 12.3. The molecule has 0 spiro atoms. The molecule has 0 bridgehead atoms. The lowest BCUT2D eigenvalue weighted by molar-refractivity contribution is 0.0762. The molecule has 6 heteroatoms. The Morgan fingerprint density at radius 1 is 1.59 bits per heavy atom. The molecule has 90 valence electrons. The van der Waals surface area contributed by atoms with Gasteiger partial charge in [0.25, 0.3) is 5.91 Å². The first-order chi connectivity index (χ1) is 8.24. The van der Waals surface area contributed by atoms with E-state index in [0.717, 1.165) is 6.42 Å². The van der Waals surface area contributed by atoms with Crippen LogP contribution in [0.4, 0.5) is 0 Å². The summed E-state index contributed by atoms with van der Waals surface area (Å²) in [6.45, 7) is 0.607. The van der Waals surface area contributed by atoms with Crippen LogP contribution in [0.25, 0.3) is 0 Å². The van der Waals surface area contributed by atoms with Crippen LogP contribution >= 0.6 is 0 Å². The number of rotatable bonds is 2. The Bertz CT molecular complexity index is 432. The molecule has 1 unspecified atom stereocenters. The second-order valence-corrected chi connectivity index (χ2v) is 3.90. The van der Waals surface area contributed by atoms with Crippen molar-refractivity contribution in [2.75, 3.05) is 6.54 Å². The minimum absolute atomic E-state index is 0.0757. The first-order valence-corrected chi connectivity index (χ1v) is 5.43. The lowest BCUT2D eigenvalue weighted by Gasteiger charge is -2.22. The van der Waals surface area contributed by atoms with E-state index in [-0.39, 0.29) is 17.8 Å². The maximum Gasteiger partial charge on any atom is 0.273 e. The number of oxime groups is 1. The summed E-state index contributed by atoms with van der Waals surface area (Å²) in [7, 11) is 0. The second-order valence-electron chi connectivity index (χ2n) is 3.90. The average molecular weight is 234 g/mol. The second kappa shape index (κ2) is 4.82. The highest BCUT2D eigenvalue weighted by atomic mass is 16.4. The molecule has 1 atom stereocenters. The standard InChI is InChI=1S/C11H14N4O2/c12-10(14-17)9-5-3-7-15(9)11(16)8-4-1-2-6-13-8/h1-2,4,6,9,17H,3,5,7H2,(H2,12,14). The fourth-order valence-electron chi connectivity index (χ4n) is 2.02. The Balaban J connectivity index is 2.20. The zero-order valence-electron chi connectivity index (χ0n) is 9.28. The maximum absolute atomic E-state index is 12.1.